The molecule has 11 heteroatoms. The van der Waals surface area contributed by atoms with Crippen LogP contribution in [0.4, 0.5) is 0 Å². The van der Waals surface area contributed by atoms with Crippen molar-refractivity contribution in [2.24, 2.45) is 29.4 Å². The van der Waals surface area contributed by atoms with Crippen LogP contribution in [0.3, 0.4) is 0 Å². The number of Topliss-reactive ketones (excluding diaryl/α,β-unsaturated/α-hetero) is 4. The topological polar surface area (TPSA) is 176 Å². The standard InChI is InChI=1S/C32H37N3O8/c1-14(2)34-13-15-6-9-22(43-5)18(10-15)17-7-8-21(36)24-19(17)11-16-12-20-26(35(3)4)28(38)25(31(33)41)30(40)32(20,42)29(39)23(16)27(24)37/h6-10,14,16,20,23,25-26,34,36,42H,11-13H2,1-5H3,(H2,33,41)/t16-,20-,23?,25?,26?,32-/m0/s1. The number of hydrogen-bond acceptors (Lipinski definition) is 10. The highest BCUT2D eigenvalue weighted by molar-refractivity contribution is 6.32. The average Bonchev–Trinajstić information content (AvgIpc) is 2.93. The number of methoxy groups -OCH3 is 1. The lowest BCUT2D eigenvalue weighted by Crippen LogP contribution is -2.74. The molecule has 2 saturated carbocycles. The van der Waals surface area contributed by atoms with Crippen molar-refractivity contribution in [1.82, 2.24) is 10.2 Å². The molecule has 6 atom stereocenters. The molecule has 0 heterocycles. The van der Waals surface area contributed by atoms with Gasteiger partial charge in [0.2, 0.25) is 5.91 Å². The lowest BCUT2D eigenvalue weighted by atomic mass is 9.52. The van der Waals surface area contributed by atoms with Gasteiger partial charge in [0.15, 0.2) is 34.7 Å². The molecule has 43 heavy (non-hydrogen) atoms. The van der Waals surface area contributed by atoms with E-state index in [2.05, 4.69) is 5.32 Å². The molecule has 11 nitrogen and oxygen atoms in total. The predicted octanol–water partition coefficient (Wildman–Crippen LogP) is 1.04. The van der Waals surface area contributed by atoms with Gasteiger partial charge in [0, 0.05) is 24.1 Å². The van der Waals surface area contributed by atoms with Gasteiger partial charge in [-0.25, -0.2) is 0 Å². The lowest BCUT2D eigenvalue weighted by Gasteiger charge is -2.52. The minimum Gasteiger partial charge on any atom is -0.507 e. The van der Waals surface area contributed by atoms with E-state index < -0.39 is 64.4 Å². The number of carbonyl (C=O) groups is 5. The quantitative estimate of drug-likeness (QED) is 0.340. The number of fused-ring (bicyclic) bond motifs is 3. The van der Waals surface area contributed by atoms with Crippen molar-refractivity contribution in [3.63, 3.8) is 0 Å². The van der Waals surface area contributed by atoms with E-state index in [0.717, 1.165) is 5.56 Å². The highest BCUT2D eigenvalue weighted by Crippen LogP contribution is 2.52. The van der Waals surface area contributed by atoms with Crippen molar-refractivity contribution in [3.8, 4) is 22.6 Å². The number of phenolic OH excluding ortho intramolecular Hbond substituents is 1. The van der Waals surface area contributed by atoms with E-state index in [1.807, 2.05) is 32.0 Å². The number of aliphatic hydroxyl groups is 1. The fourth-order valence-corrected chi connectivity index (χ4v) is 7.25. The van der Waals surface area contributed by atoms with E-state index in [1.54, 1.807) is 20.2 Å². The molecule has 0 radical (unpaired) electrons. The number of rotatable bonds is 7. The summed E-state index contributed by atoms with van der Waals surface area (Å²) >= 11 is 0. The number of aromatic hydroxyl groups is 1. The Kier molecular flexibility index (Phi) is 7.78. The number of ether oxygens (including phenoxy) is 1. The van der Waals surface area contributed by atoms with Crippen LogP contribution in [0.25, 0.3) is 11.1 Å². The summed E-state index contributed by atoms with van der Waals surface area (Å²) in [5, 5.41) is 26.0. The Morgan fingerprint density at radius 1 is 1.12 bits per heavy atom. The summed E-state index contributed by atoms with van der Waals surface area (Å²) in [6.45, 7) is 4.67. The van der Waals surface area contributed by atoms with Crippen molar-refractivity contribution in [1.29, 1.82) is 0 Å². The number of primary amides is 1. The fraction of sp³-hybridized carbons (Fsp3) is 0.469. The van der Waals surface area contributed by atoms with Gasteiger partial charge < -0.3 is 26.0 Å². The van der Waals surface area contributed by atoms with Gasteiger partial charge in [0.1, 0.15) is 11.5 Å². The summed E-state index contributed by atoms with van der Waals surface area (Å²) in [7, 11) is 4.65. The summed E-state index contributed by atoms with van der Waals surface area (Å²) in [6, 6.07) is 7.90. The Morgan fingerprint density at radius 2 is 1.81 bits per heavy atom. The SMILES string of the molecule is COc1ccc(CNC(C)C)cc1-c1ccc(O)c2c1C[C@H]1C[C@H]3C(N(C)C)C(=O)C(C(N)=O)C(=O)[C@@]3(O)C(=O)C1C2=O. The molecule has 0 spiro atoms. The lowest BCUT2D eigenvalue weighted by molar-refractivity contribution is -0.181. The first-order chi connectivity index (χ1) is 20.2. The van der Waals surface area contributed by atoms with Crippen LogP contribution in [0.15, 0.2) is 30.3 Å². The second kappa shape index (κ2) is 11.0. The van der Waals surface area contributed by atoms with Gasteiger partial charge in [-0.3, -0.25) is 28.9 Å². The highest BCUT2D eigenvalue weighted by Gasteiger charge is 2.69. The first kappa shape index (κ1) is 30.5. The zero-order chi connectivity index (χ0) is 31.5. The molecular formula is C32H37N3O8. The number of benzene rings is 2. The van der Waals surface area contributed by atoms with Crippen LogP contribution in [0.1, 0.15) is 41.8 Å². The number of phenols is 1. The fourth-order valence-electron chi connectivity index (χ4n) is 7.25. The van der Waals surface area contributed by atoms with E-state index in [1.165, 1.54) is 18.1 Å². The van der Waals surface area contributed by atoms with Crippen molar-refractivity contribution in [2.45, 2.75) is 50.9 Å². The summed E-state index contributed by atoms with van der Waals surface area (Å²) in [6.07, 6.45) is 0.141. The number of ketones is 4. The zero-order valence-corrected chi connectivity index (χ0v) is 24.8. The van der Waals surface area contributed by atoms with Gasteiger partial charge in [-0.15, -0.1) is 0 Å². The van der Waals surface area contributed by atoms with Gasteiger partial charge in [0.25, 0.3) is 0 Å². The second-order valence-electron chi connectivity index (χ2n) is 12.3. The van der Waals surface area contributed by atoms with Crippen molar-refractivity contribution < 1.29 is 38.9 Å². The maximum atomic E-state index is 14.1. The molecule has 3 unspecified atom stereocenters. The molecule has 5 N–H and O–H groups in total. The van der Waals surface area contributed by atoms with Crippen LogP contribution in [0, 0.1) is 23.7 Å². The van der Waals surface area contributed by atoms with Crippen LogP contribution in [0.5, 0.6) is 11.5 Å². The first-order valence-electron chi connectivity index (χ1n) is 14.3. The van der Waals surface area contributed by atoms with Gasteiger partial charge >= 0.3 is 0 Å². The predicted molar refractivity (Wildman–Crippen MR) is 155 cm³/mol. The molecule has 0 bridgehead atoms. The van der Waals surface area contributed by atoms with Crippen molar-refractivity contribution in [3.05, 3.63) is 47.0 Å². The summed E-state index contributed by atoms with van der Waals surface area (Å²) < 4.78 is 5.66. The van der Waals surface area contributed by atoms with Crippen LogP contribution in [-0.2, 0) is 32.1 Å². The molecule has 0 saturated heterocycles. The Labute approximate surface area is 249 Å². The Hall–Kier alpha value is -3.93. The van der Waals surface area contributed by atoms with E-state index >= 15 is 0 Å². The molecule has 1 amide bonds. The molecular weight excluding hydrogens is 554 g/mol. The third kappa shape index (κ3) is 4.66. The van der Waals surface area contributed by atoms with Crippen LogP contribution >= 0.6 is 0 Å². The van der Waals surface area contributed by atoms with E-state index in [9.17, 15) is 34.2 Å². The smallest absolute Gasteiger partial charge is 0.235 e. The van der Waals surface area contributed by atoms with Gasteiger partial charge in [-0.05, 0) is 67.7 Å². The third-order valence-electron chi connectivity index (χ3n) is 9.21. The number of carbonyl (C=O) groups excluding carboxylic acids is 5. The van der Waals surface area contributed by atoms with E-state index in [-0.39, 0.29) is 30.2 Å². The minimum absolute atomic E-state index is 0.0194. The van der Waals surface area contributed by atoms with Crippen molar-refractivity contribution in [2.75, 3.05) is 21.2 Å². The van der Waals surface area contributed by atoms with Crippen LogP contribution in [0.2, 0.25) is 0 Å². The second-order valence-corrected chi connectivity index (χ2v) is 12.3. The average molecular weight is 592 g/mol. The number of nitrogens with one attached hydrogen (secondary N) is 1. The monoisotopic (exact) mass is 591 g/mol. The molecule has 2 aromatic rings. The van der Waals surface area contributed by atoms with Crippen LogP contribution in [-0.4, -0.2) is 83.0 Å². The number of nitrogens with zero attached hydrogens (tertiary/aromatic N) is 1. The molecule has 2 fully saturated rings. The zero-order valence-electron chi connectivity index (χ0n) is 24.8. The molecule has 2 aromatic carbocycles. The van der Waals surface area contributed by atoms with Crippen LogP contribution < -0.4 is 15.8 Å². The first-order valence-corrected chi connectivity index (χ1v) is 14.3. The molecule has 3 aliphatic rings. The van der Waals surface area contributed by atoms with Gasteiger partial charge in [-0.1, -0.05) is 26.0 Å². The molecule has 228 valence electrons. The maximum absolute atomic E-state index is 14.1. The number of hydrogen-bond donors (Lipinski definition) is 4. The maximum Gasteiger partial charge on any atom is 0.235 e. The summed E-state index contributed by atoms with van der Waals surface area (Å²) in [5.74, 6) is -10.2. The molecule has 0 aromatic heterocycles. The summed E-state index contributed by atoms with van der Waals surface area (Å²) in [5.41, 5.74) is 5.40. The van der Waals surface area contributed by atoms with Gasteiger partial charge in [0.05, 0.1) is 24.6 Å². The molecule has 3 aliphatic carbocycles. The Bertz CT molecular complexity index is 1550. The largest absolute Gasteiger partial charge is 0.507 e. The normalized spacial score (nSPS) is 28.5. The third-order valence-corrected chi connectivity index (χ3v) is 9.21. The number of nitrogens with two attached hydrogens (primary N) is 1. The minimum atomic E-state index is -2.76. The van der Waals surface area contributed by atoms with E-state index in [4.69, 9.17) is 10.5 Å². The number of amides is 1. The Balaban J connectivity index is 1.64. The van der Waals surface area contributed by atoms with Gasteiger partial charge in [-0.2, -0.15) is 0 Å². The Morgan fingerprint density at radius 3 is 2.42 bits per heavy atom. The number of likely N-dealkylation sites (N-methyl/N-ethyl adjacent to an activating group) is 1. The molecule has 5 rings (SSSR count). The van der Waals surface area contributed by atoms with E-state index in [0.29, 0.717) is 29.0 Å². The van der Waals surface area contributed by atoms with Crippen molar-refractivity contribution >= 4 is 29.0 Å². The molecule has 0 aliphatic heterocycles. The highest BCUT2D eigenvalue weighted by atomic mass is 16.5. The summed E-state index contributed by atoms with van der Waals surface area (Å²) in [4.78, 5) is 68.5.